The average molecular weight is 332 g/mol. The van der Waals surface area contributed by atoms with Gasteiger partial charge in [-0.15, -0.1) is 0 Å². The molecule has 1 aliphatic rings. The van der Waals surface area contributed by atoms with Crippen LogP contribution in [0.1, 0.15) is 33.3 Å². The van der Waals surface area contributed by atoms with Crippen LogP contribution < -0.4 is 0 Å². The highest BCUT2D eigenvalue weighted by Crippen LogP contribution is 2.37. The predicted octanol–water partition coefficient (Wildman–Crippen LogP) is 4.80. The molecule has 1 heterocycles. The van der Waals surface area contributed by atoms with Crippen molar-refractivity contribution < 1.29 is 9.16 Å². The first-order valence-corrected chi connectivity index (χ1v) is 11.1. The standard InChI is InChI=1S/C19H29NO2Si/c1-14(2)17-16(13-21-23(6,7)19(3,4)5)20-18(22-17)15-11-9-8-10-12-15/h8-12,16-17H,1,13H2,2-7H3/t16-,17-/m0/s1. The van der Waals surface area contributed by atoms with Crippen LogP contribution in [0.15, 0.2) is 47.5 Å². The lowest BCUT2D eigenvalue weighted by Crippen LogP contribution is -2.43. The maximum absolute atomic E-state index is 6.35. The Bertz CT molecular complexity index is 587. The molecule has 3 nitrogen and oxygen atoms in total. The van der Waals surface area contributed by atoms with Gasteiger partial charge < -0.3 is 9.16 Å². The molecule has 0 saturated carbocycles. The summed E-state index contributed by atoms with van der Waals surface area (Å²) >= 11 is 0. The Labute approximate surface area is 141 Å². The van der Waals surface area contributed by atoms with E-state index < -0.39 is 8.32 Å². The van der Waals surface area contributed by atoms with Gasteiger partial charge in [0.1, 0.15) is 12.1 Å². The van der Waals surface area contributed by atoms with Gasteiger partial charge >= 0.3 is 0 Å². The topological polar surface area (TPSA) is 30.8 Å². The number of nitrogens with zero attached hydrogens (tertiary/aromatic N) is 1. The molecular formula is C19H29NO2Si. The molecule has 2 atom stereocenters. The van der Waals surface area contributed by atoms with Crippen molar-refractivity contribution in [1.82, 2.24) is 0 Å². The summed E-state index contributed by atoms with van der Waals surface area (Å²) in [7, 11) is -1.79. The van der Waals surface area contributed by atoms with E-state index in [9.17, 15) is 0 Å². The molecular weight excluding hydrogens is 302 g/mol. The van der Waals surface area contributed by atoms with Gasteiger partial charge in [0, 0.05) is 5.56 Å². The van der Waals surface area contributed by atoms with Gasteiger partial charge in [-0.2, -0.15) is 0 Å². The predicted molar refractivity (Wildman–Crippen MR) is 99.6 cm³/mol. The van der Waals surface area contributed by atoms with Crippen molar-refractivity contribution in [2.24, 2.45) is 4.99 Å². The third-order valence-electron chi connectivity index (χ3n) is 4.80. The SMILES string of the molecule is C=C(C)[C@@H]1OC(c2ccccc2)=N[C@H]1CO[Si](C)(C)C(C)(C)C. The zero-order valence-corrected chi connectivity index (χ0v) is 16.2. The lowest BCUT2D eigenvalue weighted by atomic mass is 10.1. The number of ether oxygens (including phenoxy) is 1. The van der Waals surface area contributed by atoms with Gasteiger partial charge in [0.25, 0.3) is 0 Å². The maximum Gasteiger partial charge on any atom is 0.217 e. The Morgan fingerprint density at radius 2 is 1.87 bits per heavy atom. The molecule has 1 aromatic carbocycles. The molecule has 0 aliphatic carbocycles. The summed E-state index contributed by atoms with van der Waals surface area (Å²) in [6.45, 7) is 17.9. The molecule has 23 heavy (non-hydrogen) atoms. The van der Waals surface area contributed by atoms with Crippen molar-refractivity contribution in [3.8, 4) is 0 Å². The third-order valence-corrected chi connectivity index (χ3v) is 9.30. The van der Waals surface area contributed by atoms with Gasteiger partial charge in [-0.25, -0.2) is 4.99 Å². The van der Waals surface area contributed by atoms with Crippen LogP contribution in [0.4, 0.5) is 0 Å². The van der Waals surface area contributed by atoms with Gasteiger partial charge in [-0.1, -0.05) is 45.5 Å². The number of rotatable bonds is 5. The minimum absolute atomic E-state index is 0.0168. The van der Waals surface area contributed by atoms with E-state index in [2.05, 4.69) is 40.4 Å². The Morgan fingerprint density at radius 1 is 1.26 bits per heavy atom. The van der Waals surface area contributed by atoms with Crippen molar-refractivity contribution in [2.45, 2.75) is 58.0 Å². The first kappa shape index (κ1) is 18.0. The minimum Gasteiger partial charge on any atom is -0.467 e. The second-order valence-corrected chi connectivity index (χ2v) is 12.6. The van der Waals surface area contributed by atoms with Crippen LogP contribution in [0, 0.1) is 0 Å². The first-order valence-electron chi connectivity index (χ1n) is 8.21. The zero-order chi connectivity index (χ0) is 17.3. The Balaban J connectivity index is 2.15. The fourth-order valence-corrected chi connectivity index (χ4v) is 3.26. The van der Waals surface area contributed by atoms with Crippen molar-refractivity contribution in [1.29, 1.82) is 0 Å². The lowest BCUT2D eigenvalue weighted by molar-refractivity contribution is 0.178. The van der Waals surface area contributed by atoms with Gasteiger partial charge in [0.15, 0.2) is 8.32 Å². The molecule has 0 aromatic heterocycles. The van der Waals surface area contributed by atoms with Gasteiger partial charge in [-0.05, 0) is 42.8 Å². The quantitative estimate of drug-likeness (QED) is 0.573. The summed E-state index contributed by atoms with van der Waals surface area (Å²) < 4.78 is 12.4. The molecule has 4 heteroatoms. The largest absolute Gasteiger partial charge is 0.467 e. The lowest BCUT2D eigenvalue weighted by Gasteiger charge is -2.37. The van der Waals surface area contributed by atoms with Crippen LogP contribution in [0.3, 0.4) is 0 Å². The first-order chi connectivity index (χ1) is 10.6. The molecule has 0 fully saturated rings. The van der Waals surface area contributed by atoms with E-state index >= 15 is 0 Å². The van der Waals surface area contributed by atoms with Crippen LogP contribution in [-0.4, -0.2) is 33.0 Å². The Kier molecular flexibility index (Phi) is 5.16. The summed E-state index contributed by atoms with van der Waals surface area (Å²) in [6.07, 6.45) is -0.102. The van der Waals surface area contributed by atoms with Crippen molar-refractivity contribution in [3.05, 3.63) is 48.0 Å². The van der Waals surface area contributed by atoms with E-state index in [0.717, 1.165) is 11.1 Å². The highest BCUT2D eigenvalue weighted by Gasteiger charge is 2.40. The fraction of sp³-hybridized carbons (Fsp3) is 0.526. The normalized spacial score (nSPS) is 21.7. The van der Waals surface area contributed by atoms with Crippen LogP contribution >= 0.6 is 0 Å². The fourth-order valence-electron chi connectivity index (χ4n) is 2.23. The van der Waals surface area contributed by atoms with Crippen molar-refractivity contribution in [3.63, 3.8) is 0 Å². The van der Waals surface area contributed by atoms with Crippen molar-refractivity contribution in [2.75, 3.05) is 6.61 Å². The summed E-state index contributed by atoms with van der Waals surface area (Å²) in [6, 6.07) is 10.0. The number of aliphatic imine (C=N–C) groups is 1. The maximum atomic E-state index is 6.35. The monoisotopic (exact) mass is 331 g/mol. The highest BCUT2D eigenvalue weighted by atomic mass is 28.4. The van der Waals surface area contributed by atoms with Crippen molar-refractivity contribution >= 4 is 14.2 Å². The summed E-state index contributed by atoms with van der Waals surface area (Å²) in [4.78, 5) is 4.78. The van der Waals surface area contributed by atoms with Gasteiger partial charge in [0.05, 0.1) is 6.61 Å². The number of hydrogen-bond donors (Lipinski definition) is 0. The van der Waals surface area contributed by atoms with E-state index in [0.29, 0.717) is 12.5 Å². The molecule has 0 bridgehead atoms. The number of benzene rings is 1. The van der Waals surface area contributed by atoms with Crippen LogP contribution in [0.2, 0.25) is 18.1 Å². The summed E-state index contributed by atoms with van der Waals surface area (Å²) in [5, 5.41) is 0.192. The highest BCUT2D eigenvalue weighted by molar-refractivity contribution is 6.74. The summed E-state index contributed by atoms with van der Waals surface area (Å²) in [5.41, 5.74) is 2.00. The molecule has 0 saturated heterocycles. The molecule has 0 amide bonds. The Hall–Kier alpha value is -1.39. The molecule has 126 valence electrons. The molecule has 0 N–H and O–H groups in total. The molecule has 2 rings (SSSR count). The van der Waals surface area contributed by atoms with Gasteiger partial charge in [0.2, 0.25) is 5.90 Å². The van der Waals surface area contributed by atoms with E-state index in [-0.39, 0.29) is 17.2 Å². The van der Waals surface area contributed by atoms with E-state index in [4.69, 9.17) is 14.2 Å². The molecule has 0 spiro atoms. The Morgan fingerprint density at radius 3 is 2.39 bits per heavy atom. The molecule has 1 aliphatic heterocycles. The smallest absolute Gasteiger partial charge is 0.217 e. The van der Waals surface area contributed by atoms with Gasteiger partial charge in [-0.3, -0.25) is 0 Å². The second-order valence-electron chi connectivity index (χ2n) is 7.82. The molecule has 1 aromatic rings. The van der Waals surface area contributed by atoms with Crippen LogP contribution in [0.5, 0.6) is 0 Å². The van der Waals surface area contributed by atoms with Crippen LogP contribution in [0.25, 0.3) is 0 Å². The minimum atomic E-state index is -1.79. The average Bonchev–Trinajstić information content (AvgIpc) is 2.89. The third kappa shape index (κ3) is 4.12. The van der Waals surface area contributed by atoms with E-state index in [1.165, 1.54) is 0 Å². The van der Waals surface area contributed by atoms with Crippen LogP contribution in [-0.2, 0) is 9.16 Å². The van der Waals surface area contributed by atoms with E-state index in [1.807, 2.05) is 37.3 Å². The summed E-state index contributed by atoms with van der Waals surface area (Å²) in [5.74, 6) is 0.697. The second kappa shape index (κ2) is 6.61. The molecule has 0 radical (unpaired) electrons. The zero-order valence-electron chi connectivity index (χ0n) is 15.2. The number of hydrogen-bond acceptors (Lipinski definition) is 3. The molecule has 0 unspecified atom stereocenters. The van der Waals surface area contributed by atoms with E-state index in [1.54, 1.807) is 0 Å².